The van der Waals surface area contributed by atoms with E-state index in [1.165, 1.54) is 31.7 Å². The molecule has 136 valence electrons. The summed E-state index contributed by atoms with van der Waals surface area (Å²) in [5.74, 6) is 4.01. The van der Waals surface area contributed by atoms with Crippen molar-refractivity contribution in [1.29, 1.82) is 0 Å². The van der Waals surface area contributed by atoms with Crippen molar-refractivity contribution in [1.82, 2.24) is 0 Å². The van der Waals surface area contributed by atoms with Crippen molar-refractivity contribution in [2.75, 3.05) is 0 Å². The molecule has 3 heteroatoms. The summed E-state index contributed by atoms with van der Waals surface area (Å²) in [6.07, 6.45) is 7.65. The largest absolute Gasteiger partial charge is 0.205 e. The maximum atomic E-state index is 14.8. The van der Waals surface area contributed by atoms with Gasteiger partial charge in [-0.15, -0.1) is 0 Å². The van der Waals surface area contributed by atoms with E-state index in [0.717, 1.165) is 42.5 Å². The van der Waals surface area contributed by atoms with Crippen LogP contribution in [0.2, 0.25) is 0 Å². The van der Waals surface area contributed by atoms with Gasteiger partial charge in [0.25, 0.3) is 0 Å². The highest BCUT2D eigenvalue weighted by Gasteiger charge is 2.22. The Hall–Kier alpha value is -2.21. The molecule has 0 heterocycles. The Balaban J connectivity index is 1.76. The highest BCUT2D eigenvalue weighted by Crippen LogP contribution is 2.31. The smallest absolute Gasteiger partial charge is 0.160 e. The summed E-state index contributed by atoms with van der Waals surface area (Å²) in [4.78, 5) is 0. The lowest BCUT2D eigenvalue weighted by molar-refractivity contribution is 0.401. The van der Waals surface area contributed by atoms with Gasteiger partial charge in [0.2, 0.25) is 0 Å². The number of hydrogen-bond donors (Lipinski definition) is 0. The van der Waals surface area contributed by atoms with Crippen LogP contribution in [0.15, 0.2) is 30.3 Å². The van der Waals surface area contributed by atoms with Gasteiger partial charge in [-0.25, -0.2) is 13.2 Å². The van der Waals surface area contributed by atoms with Gasteiger partial charge in [-0.1, -0.05) is 50.5 Å². The molecule has 1 aliphatic carbocycles. The van der Waals surface area contributed by atoms with E-state index in [9.17, 15) is 13.2 Å². The van der Waals surface area contributed by atoms with E-state index < -0.39 is 11.6 Å². The predicted molar refractivity (Wildman–Crippen MR) is 98.4 cm³/mol. The average molecular weight is 356 g/mol. The Morgan fingerprint density at radius 1 is 1.00 bits per heavy atom. The normalized spacial score (nSPS) is 15.9. The molecule has 0 fully saturated rings. The molecule has 3 rings (SSSR count). The standard InChI is InChI=1S/C23H23F3/c1-2-3-4-5-16-7-12-20-19(14-16)11-10-18(23(20)26)9-6-17-8-13-21(24)22(25)15-17/h8,10-11,13,15-16H,2-5,7,12,14H2,1H3. The molecular formula is C23H23F3. The van der Waals surface area contributed by atoms with Crippen molar-refractivity contribution < 1.29 is 13.2 Å². The summed E-state index contributed by atoms with van der Waals surface area (Å²) >= 11 is 0. The summed E-state index contributed by atoms with van der Waals surface area (Å²) < 4.78 is 41.0. The number of rotatable bonds is 4. The van der Waals surface area contributed by atoms with Crippen molar-refractivity contribution >= 4 is 0 Å². The van der Waals surface area contributed by atoms with E-state index in [1.807, 2.05) is 6.07 Å². The SMILES string of the molecule is CCCCCC1CCc2c(ccc(C#Cc3ccc(F)c(F)c3)c2F)C1. The molecule has 0 saturated carbocycles. The van der Waals surface area contributed by atoms with Crippen LogP contribution in [0, 0.1) is 35.2 Å². The van der Waals surface area contributed by atoms with E-state index in [1.54, 1.807) is 6.07 Å². The lowest BCUT2D eigenvalue weighted by Gasteiger charge is -2.25. The summed E-state index contributed by atoms with van der Waals surface area (Å²) in [6.45, 7) is 2.20. The Kier molecular flexibility index (Phi) is 6.04. The van der Waals surface area contributed by atoms with E-state index >= 15 is 0 Å². The quantitative estimate of drug-likeness (QED) is 0.453. The van der Waals surface area contributed by atoms with Gasteiger partial charge in [-0.05, 0) is 60.6 Å². The van der Waals surface area contributed by atoms with E-state index in [0.29, 0.717) is 17.0 Å². The second-order valence-electron chi connectivity index (χ2n) is 7.05. The third kappa shape index (κ3) is 4.30. The molecule has 1 unspecified atom stereocenters. The molecule has 0 saturated heterocycles. The maximum Gasteiger partial charge on any atom is 0.160 e. The van der Waals surface area contributed by atoms with Crippen LogP contribution in [0.5, 0.6) is 0 Å². The van der Waals surface area contributed by atoms with E-state index in [-0.39, 0.29) is 5.82 Å². The molecular weight excluding hydrogens is 333 g/mol. The zero-order valence-electron chi connectivity index (χ0n) is 15.0. The first kappa shape index (κ1) is 18.6. The van der Waals surface area contributed by atoms with Crippen molar-refractivity contribution in [2.45, 2.75) is 51.9 Å². The highest BCUT2D eigenvalue weighted by molar-refractivity contribution is 5.47. The summed E-state index contributed by atoms with van der Waals surface area (Å²) in [5, 5.41) is 0. The van der Waals surface area contributed by atoms with Crippen LogP contribution >= 0.6 is 0 Å². The minimum atomic E-state index is -0.947. The molecule has 0 aromatic heterocycles. The first-order chi connectivity index (χ1) is 12.6. The first-order valence-electron chi connectivity index (χ1n) is 9.35. The zero-order valence-corrected chi connectivity index (χ0v) is 15.0. The van der Waals surface area contributed by atoms with Crippen LogP contribution in [0.25, 0.3) is 0 Å². The van der Waals surface area contributed by atoms with Crippen LogP contribution in [0.3, 0.4) is 0 Å². The fraction of sp³-hybridized carbons (Fsp3) is 0.391. The second kappa shape index (κ2) is 8.45. The van der Waals surface area contributed by atoms with Gasteiger partial charge in [0.1, 0.15) is 5.82 Å². The number of unbranched alkanes of at least 4 members (excludes halogenated alkanes) is 2. The molecule has 26 heavy (non-hydrogen) atoms. The van der Waals surface area contributed by atoms with Crippen LogP contribution < -0.4 is 0 Å². The fourth-order valence-corrected chi connectivity index (χ4v) is 3.62. The van der Waals surface area contributed by atoms with Crippen LogP contribution in [-0.2, 0) is 12.8 Å². The third-order valence-electron chi connectivity index (χ3n) is 5.13. The van der Waals surface area contributed by atoms with Gasteiger partial charge in [0.15, 0.2) is 11.6 Å². The highest BCUT2D eigenvalue weighted by atomic mass is 19.2. The lowest BCUT2D eigenvalue weighted by atomic mass is 9.80. The van der Waals surface area contributed by atoms with Crippen molar-refractivity contribution in [3.8, 4) is 11.8 Å². The van der Waals surface area contributed by atoms with Gasteiger partial charge < -0.3 is 0 Å². The molecule has 0 aliphatic heterocycles. The second-order valence-corrected chi connectivity index (χ2v) is 7.05. The van der Waals surface area contributed by atoms with Gasteiger partial charge in [-0.2, -0.15) is 0 Å². The number of hydrogen-bond acceptors (Lipinski definition) is 0. The van der Waals surface area contributed by atoms with Crippen molar-refractivity contribution in [2.24, 2.45) is 5.92 Å². The van der Waals surface area contributed by atoms with Crippen molar-refractivity contribution in [3.63, 3.8) is 0 Å². The summed E-state index contributed by atoms with van der Waals surface area (Å²) in [6, 6.07) is 7.12. The van der Waals surface area contributed by atoms with Crippen molar-refractivity contribution in [3.05, 3.63) is 70.0 Å². The number of halogens is 3. The molecule has 0 amide bonds. The first-order valence-corrected chi connectivity index (χ1v) is 9.35. The molecule has 0 radical (unpaired) electrons. The Morgan fingerprint density at radius 2 is 1.85 bits per heavy atom. The molecule has 2 aromatic carbocycles. The molecule has 0 spiro atoms. The molecule has 2 aromatic rings. The Morgan fingerprint density at radius 3 is 2.62 bits per heavy atom. The summed E-state index contributed by atoms with van der Waals surface area (Å²) in [5.41, 5.74) is 2.51. The van der Waals surface area contributed by atoms with Gasteiger partial charge in [0.05, 0.1) is 5.56 Å². The third-order valence-corrected chi connectivity index (χ3v) is 5.13. The van der Waals surface area contributed by atoms with Crippen LogP contribution in [-0.4, -0.2) is 0 Å². The predicted octanol–water partition coefficient (Wildman–Crippen LogP) is 6.19. The van der Waals surface area contributed by atoms with Gasteiger partial charge >= 0.3 is 0 Å². The lowest BCUT2D eigenvalue weighted by Crippen LogP contribution is -2.16. The van der Waals surface area contributed by atoms with E-state index in [4.69, 9.17) is 0 Å². The molecule has 0 N–H and O–H groups in total. The Bertz CT molecular complexity index is 843. The number of fused-ring (bicyclic) bond motifs is 1. The van der Waals surface area contributed by atoms with Crippen LogP contribution in [0.4, 0.5) is 13.2 Å². The molecule has 0 bridgehead atoms. The summed E-state index contributed by atoms with van der Waals surface area (Å²) in [7, 11) is 0. The average Bonchev–Trinajstić information content (AvgIpc) is 2.64. The molecule has 0 nitrogen and oxygen atoms in total. The zero-order chi connectivity index (χ0) is 18.5. The maximum absolute atomic E-state index is 14.8. The van der Waals surface area contributed by atoms with Gasteiger partial charge in [0, 0.05) is 5.56 Å². The minimum Gasteiger partial charge on any atom is -0.205 e. The monoisotopic (exact) mass is 356 g/mol. The van der Waals surface area contributed by atoms with Gasteiger partial charge in [-0.3, -0.25) is 0 Å². The van der Waals surface area contributed by atoms with E-state index in [2.05, 4.69) is 18.8 Å². The molecule has 1 atom stereocenters. The number of benzene rings is 2. The van der Waals surface area contributed by atoms with Crippen LogP contribution in [0.1, 0.15) is 61.3 Å². The molecule has 1 aliphatic rings. The Labute approximate surface area is 153 Å². The topological polar surface area (TPSA) is 0 Å². The fourth-order valence-electron chi connectivity index (χ4n) is 3.62. The minimum absolute atomic E-state index is 0.260.